The number of nitrogen functional groups attached to an aromatic ring is 1. The molecule has 0 unspecified atom stereocenters. The van der Waals surface area contributed by atoms with Crippen molar-refractivity contribution in [3.8, 4) is 5.75 Å². The summed E-state index contributed by atoms with van der Waals surface area (Å²) in [6, 6.07) is 7.09. The first-order chi connectivity index (χ1) is 9.99. The molecule has 6 nitrogen and oxygen atoms in total. The van der Waals surface area contributed by atoms with Crippen LogP contribution in [0.15, 0.2) is 24.3 Å². The molecule has 0 bridgehead atoms. The molecule has 0 aliphatic heterocycles. The summed E-state index contributed by atoms with van der Waals surface area (Å²) in [5, 5.41) is 7.14. The second-order valence-electron chi connectivity index (χ2n) is 4.88. The molecule has 0 spiro atoms. The highest BCUT2D eigenvalue weighted by molar-refractivity contribution is 5.77. The van der Waals surface area contributed by atoms with Crippen LogP contribution < -0.4 is 15.8 Å². The minimum atomic E-state index is -0.194. The van der Waals surface area contributed by atoms with Gasteiger partial charge in [-0.25, -0.2) is 0 Å². The highest BCUT2D eigenvalue weighted by atomic mass is 16.5. The number of para-hydroxylation sites is 2. The van der Waals surface area contributed by atoms with Crippen molar-refractivity contribution in [2.45, 2.75) is 20.4 Å². The first-order valence-electron chi connectivity index (χ1n) is 6.72. The largest absolute Gasteiger partial charge is 0.482 e. The van der Waals surface area contributed by atoms with Gasteiger partial charge in [-0.05, 0) is 26.0 Å². The minimum Gasteiger partial charge on any atom is -0.482 e. The smallest absolute Gasteiger partial charge is 0.258 e. The van der Waals surface area contributed by atoms with Crippen LogP contribution in [0.5, 0.6) is 5.75 Å². The molecule has 0 radical (unpaired) electrons. The van der Waals surface area contributed by atoms with E-state index in [4.69, 9.17) is 10.5 Å². The lowest BCUT2D eigenvalue weighted by Crippen LogP contribution is -2.28. The summed E-state index contributed by atoms with van der Waals surface area (Å²) in [4.78, 5) is 11.8. The minimum absolute atomic E-state index is 0.0629. The molecule has 0 saturated carbocycles. The molecule has 112 valence electrons. The molecule has 2 rings (SSSR count). The molecule has 0 aliphatic rings. The topological polar surface area (TPSA) is 82.2 Å². The van der Waals surface area contributed by atoms with E-state index in [-0.39, 0.29) is 12.5 Å². The average Bonchev–Trinajstić information content (AvgIpc) is 2.69. The van der Waals surface area contributed by atoms with Crippen LogP contribution in [-0.4, -0.2) is 22.3 Å². The number of amides is 1. The van der Waals surface area contributed by atoms with Crippen LogP contribution in [0.1, 0.15) is 17.0 Å². The molecular formula is C15H20N4O2. The van der Waals surface area contributed by atoms with Gasteiger partial charge in [0.05, 0.1) is 11.4 Å². The zero-order valence-corrected chi connectivity index (χ0v) is 12.5. The predicted octanol–water partition coefficient (Wildman–Crippen LogP) is 1.31. The number of hydrogen-bond donors (Lipinski definition) is 2. The van der Waals surface area contributed by atoms with Gasteiger partial charge < -0.3 is 15.8 Å². The number of hydrogen-bond acceptors (Lipinski definition) is 4. The van der Waals surface area contributed by atoms with Crippen molar-refractivity contribution in [2.75, 3.05) is 12.3 Å². The Hall–Kier alpha value is -2.50. The Kier molecular flexibility index (Phi) is 4.47. The van der Waals surface area contributed by atoms with E-state index in [0.29, 0.717) is 18.0 Å². The van der Waals surface area contributed by atoms with Gasteiger partial charge in [0.2, 0.25) is 0 Å². The van der Waals surface area contributed by atoms with Crippen LogP contribution in [-0.2, 0) is 18.4 Å². The number of aryl methyl sites for hydroxylation is 2. The molecule has 0 fully saturated rings. The highest BCUT2D eigenvalue weighted by Gasteiger charge is 2.11. The van der Waals surface area contributed by atoms with Crippen LogP contribution >= 0.6 is 0 Å². The van der Waals surface area contributed by atoms with E-state index in [9.17, 15) is 4.79 Å². The van der Waals surface area contributed by atoms with Crippen molar-refractivity contribution >= 4 is 11.6 Å². The number of carbonyl (C=O) groups excluding carboxylic acids is 1. The molecule has 0 saturated heterocycles. The summed E-state index contributed by atoms with van der Waals surface area (Å²) in [6.45, 7) is 4.28. The lowest BCUT2D eigenvalue weighted by atomic mass is 10.2. The Morgan fingerprint density at radius 3 is 2.71 bits per heavy atom. The lowest BCUT2D eigenvalue weighted by molar-refractivity contribution is -0.123. The maximum absolute atomic E-state index is 11.8. The molecule has 1 amide bonds. The fourth-order valence-electron chi connectivity index (χ4n) is 2.07. The summed E-state index contributed by atoms with van der Waals surface area (Å²) in [6.07, 6.45) is 0. The molecule has 0 atom stereocenters. The van der Waals surface area contributed by atoms with Gasteiger partial charge in [0.25, 0.3) is 5.91 Å². The molecule has 1 aromatic carbocycles. The zero-order valence-electron chi connectivity index (χ0n) is 12.5. The van der Waals surface area contributed by atoms with Gasteiger partial charge in [-0.2, -0.15) is 5.10 Å². The maximum atomic E-state index is 11.8. The van der Waals surface area contributed by atoms with Crippen molar-refractivity contribution in [2.24, 2.45) is 7.05 Å². The third kappa shape index (κ3) is 3.53. The van der Waals surface area contributed by atoms with Crippen molar-refractivity contribution < 1.29 is 9.53 Å². The first-order valence-corrected chi connectivity index (χ1v) is 6.72. The van der Waals surface area contributed by atoms with Gasteiger partial charge >= 0.3 is 0 Å². The molecule has 21 heavy (non-hydrogen) atoms. The number of nitrogens with one attached hydrogen (secondary N) is 1. The zero-order chi connectivity index (χ0) is 15.4. The number of nitrogens with zero attached hydrogens (tertiary/aromatic N) is 2. The summed E-state index contributed by atoms with van der Waals surface area (Å²) in [5.41, 5.74) is 9.26. The van der Waals surface area contributed by atoms with Crippen LogP contribution in [0, 0.1) is 13.8 Å². The van der Waals surface area contributed by atoms with Gasteiger partial charge in [0, 0.05) is 24.8 Å². The second-order valence-corrected chi connectivity index (χ2v) is 4.88. The van der Waals surface area contributed by atoms with Crippen molar-refractivity contribution in [1.29, 1.82) is 0 Å². The van der Waals surface area contributed by atoms with Gasteiger partial charge in [0.1, 0.15) is 5.75 Å². The number of rotatable bonds is 5. The SMILES string of the molecule is Cc1nn(C)c(C)c1CNC(=O)COc1ccccc1N. The quantitative estimate of drug-likeness (QED) is 0.813. The van der Waals surface area contributed by atoms with Gasteiger partial charge in [-0.15, -0.1) is 0 Å². The molecule has 1 aromatic heterocycles. The Balaban J connectivity index is 1.87. The van der Waals surface area contributed by atoms with E-state index >= 15 is 0 Å². The molecule has 1 heterocycles. The van der Waals surface area contributed by atoms with Crippen molar-refractivity contribution in [1.82, 2.24) is 15.1 Å². The third-order valence-corrected chi connectivity index (χ3v) is 3.40. The van der Waals surface area contributed by atoms with E-state index in [1.54, 1.807) is 16.8 Å². The highest BCUT2D eigenvalue weighted by Crippen LogP contribution is 2.19. The molecular weight excluding hydrogens is 268 g/mol. The monoisotopic (exact) mass is 288 g/mol. The van der Waals surface area contributed by atoms with E-state index in [1.165, 1.54) is 0 Å². The Morgan fingerprint density at radius 2 is 2.10 bits per heavy atom. The summed E-state index contributed by atoms with van der Waals surface area (Å²) < 4.78 is 7.20. The van der Waals surface area contributed by atoms with Crippen molar-refractivity contribution in [3.63, 3.8) is 0 Å². The molecule has 0 aliphatic carbocycles. The average molecular weight is 288 g/mol. The van der Waals surface area contributed by atoms with Gasteiger partial charge in [-0.1, -0.05) is 12.1 Å². The van der Waals surface area contributed by atoms with Crippen molar-refractivity contribution in [3.05, 3.63) is 41.2 Å². The number of ether oxygens (including phenoxy) is 1. The first kappa shape index (κ1) is 14.9. The Morgan fingerprint density at radius 1 is 1.38 bits per heavy atom. The van der Waals surface area contributed by atoms with Crippen LogP contribution in [0.2, 0.25) is 0 Å². The van der Waals surface area contributed by atoms with E-state index in [2.05, 4.69) is 10.4 Å². The lowest BCUT2D eigenvalue weighted by Gasteiger charge is -2.09. The number of anilines is 1. The summed E-state index contributed by atoms with van der Waals surface area (Å²) in [7, 11) is 1.88. The maximum Gasteiger partial charge on any atom is 0.258 e. The normalized spacial score (nSPS) is 10.4. The standard InChI is InChI=1S/C15H20N4O2/c1-10-12(11(2)19(3)18-10)8-17-15(20)9-21-14-7-5-4-6-13(14)16/h4-7H,8-9,16H2,1-3H3,(H,17,20). The van der Waals surface area contributed by atoms with Crippen LogP contribution in [0.25, 0.3) is 0 Å². The van der Waals surface area contributed by atoms with E-state index in [0.717, 1.165) is 17.0 Å². The van der Waals surface area contributed by atoms with Gasteiger partial charge in [-0.3, -0.25) is 9.48 Å². The summed E-state index contributed by atoms with van der Waals surface area (Å²) >= 11 is 0. The Bertz CT molecular complexity index is 649. The van der Waals surface area contributed by atoms with Crippen LogP contribution in [0.3, 0.4) is 0 Å². The molecule has 2 aromatic rings. The fraction of sp³-hybridized carbons (Fsp3) is 0.333. The van der Waals surface area contributed by atoms with Gasteiger partial charge in [0.15, 0.2) is 6.61 Å². The third-order valence-electron chi connectivity index (χ3n) is 3.40. The van der Waals surface area contributed by atoms with Crippen LogP contribution in [0.4, 0.5) is 5.69 Å². The molecule has 6 heteroatoms. The second kappa shape index (κ2) is 6.30. The van der Waals surface area contributed by atoms with E-state index in [1.807, 2.05) is 33.0 Å². The predicted molar refractivity (Wildman–Crippen MR) is 80.9 cm³/mol. The number of nitrogens with two attached hydrogens (primary N) is 1. The fourth-order valence-corrected chi connectivity index (χ4v) is 2.07. The number of carbonyl (C=O) groups is 1. The number of benzene rings is 1. The molecule has 3 N–H and O–H groups in total. The summed E-state index contributed by atoms with van der Waals surface area (Å²) in [5.74, 6) is 0.322. The number of aromatic nitrogens is 2. The van der Waals surface area contributed by atoms with E-state index < -0.39 is 0 Å². The Labute approximate surface area is 123 Å².